The number of H-pyrrole nitrogens is 1. The molecule has 50 heavy (non-hydrogen) atoms. The summed E-state index contributed by atoms with van der Waals surface area (Å²) in [6.45, 7) is 8.45. The summed E-state index contributed by atoms with van der Waals surface area (Å²) in [5.74, 6) is -2.00. The van der Waals surface area contributed by atoms with Crippen LogP contribution in [-0.2, 0) is 35.7 Å². The number of carbonyl (C=O) groups excluding carboxylic acids is 4. The van der Waals surface area contributed by atoms with Gasteiger partial charge < -0.3 is 25.7 Å². The summed E-state index contributed by atoms with van der Waals surface area (Å²) < 4.78 is 28.9. The van der Waals surface area contributed by atoms with Crippen LogP contribution in [0.15, 0.2) is 70.4 Å². The van der Waals surface area contributed by atoms with Crippen LogP contribution in [0.5, 0.6) is 0 Å². The predicted molar refractivity (Wildman–Crippen MR) is 187 cm³/mol. The SMILES string of the molecule is CCC(CC(C)(CC(C)(C)C(=O)OCCNC(=O)Nc1nc(=O)cc(C)[nH]1)C(=O)Nc1ccc(S(N)(=O)=O)cc1)C(=O)NCc1ccccc1. The minimum absolute atomic E-state index is 0.0251. The molecule has 0 bridgehead atoms. The van der Waals surface area contributed by atoms with Crippen molar-refractivity contribution in [2.24, 2.45) is 21.9 Å². The first-order valence-corrected chi connectivity index (χ1v) is 17.5. The number of nitrogens with one attached hydrogen (secondary N) is 5. The number of benzene rings is 2. The van der Waals surface area contributed by atoms with Gasteiger partial charge in [0.15, 0.2) is 0 Å². The summed E-state index contributed by atoms with van der Waals surface area (Å²) in [5, 5.41) is 15.8. The van der Waals surface area contributed by atoms with Gasteiger partial charge in [-0.25, -0.2) is 18.4 Å². The largest absolute Gasteiger partial charge is 0.463 e. The Hall–Kier alpha value is -5.09. The average molecular weight is 712 g/mol. The molecule has 2 atom stereocenters. The van der Waals surface area contributed by atoms with E-state index in [-0.39, 0.29) is 42.7 Å². The molecule has 2 unspecified atom stereocenters. The van der Waals surface area contributed by atoms with Crippen molar-refractivity contribution in [1.29, 1.82) is 0 Å². The molecule has 1 aromatic heterocycles. The molecule has 0 aliphatic heterocycles. The van der Waals surface area contributed by atoms with Crippen molar-refractivity contribution in [2.75, 3.05) is 23.8 Å². The highest BCUT2D eigenvalue weighted by Crippen LogP contribution is 2.41. The van der Waals surface area contributed by atoms with Gasteiger partial charge in [-0.15, -0.1) is 0 Å². The number of rotatable bonds is 16. The number of aromatic amines is 1. The van der Waals surface area contributed by atoms with Crippen molar-refractivity contribution in [3.63, 3.8) is 0 Å². The number of hydrogen-bond donors (Lipinski definition) is 6. The zero-order valence-electron chi connectivity index (χ0n) is 28.8. The molecule has 0 fully saturated rings. The average Bonchev–Trinajstić information content (AvgIpc) is 3.04. The van der Waals surface area contributed by atoms with Gasteiger partial charge in [0.1, 0.15) is 6.61 Å². The second-order valence-corrected chi connectivity index (χ2v) is 14.5. The van der Waals surface area contributed by atoms with Crippen LogP contribution in [0.2, 0.25) is 0 Å². The lowest BCUT2D eigenvalue weighted by atomic mass is 9.68. The highest BCUT2D eigenvalue weighted by atomic mass is 32.2. The van der Waals surface area contributed by atoms with Gasteiger partial charge in [0, 0.05) is 35.3 Å². The number of carbonyl (C=O) groups is 4. The minimum Gasteiger partial charge on any atom is -0.463 e. The molecule has 0 aliphatic rings. The van der Waals surface area contributed by atoms with Crippen molar-refractivity contribution >= 4 is 45.5 Å². The van der Waals surface area contributed by atoms with Crippen molar-refractivity contribution in [3.8, 4) is 0 Å². The molecule has 0 aliphatic carbocycles. The number of primary sulfonamides is 1. The third-order valence-electron chi connectivity index (χ3n) is 7.97. The van der Waals surface area contributed by atoms with E-state index in [2.05, 4.69) is 31.2 Å². The van der Waals surface area contributed by atoms with Gasteiger partial charge in [0.2, 0.25) is 27.8 Å². The summed E-state index contributed by atoms with van der Waals surface area (Å²) in [4.78, 5) is 70.7. The van der Waals surface area contributed by atoms with E-state index in [4.69, 9.17) is 9.88 Å². The molecule has 0 radical (unpaired) electrons. The Kier molecular flexibility index (Phi) is 13.4. The van der Waals surface area contributed by atoms with Crippen molar-refractivity contribution in [1.82, 2.24) is 20.6 Å². The third-order valence-corrected chi connectivity index (χ3v) is 8.90. The molecule has 1 heterocycles. The highest BCUT2D eigenvalue weighted by molar-refractivity contribution is 7.89. The van der Waals surface area contributed by atoms with Gasteiger partial charge in [0.25, 0.3) is 5.56 Å². The summed E-state index contributed by atoms with van der Waals surface area (Å²) in [7, 11) is -3.95. The first-order chi connectivity index (χ1) is 23.4. The van der Waals surface area contributed by atoms with Gasteiger partial charge in [-0.1, -0.05) is 44.2 Å². The predicted octanol–water partition coefficient (Wildman–Crippen LogP) is 3.18. The van der Waals surface area contributed by atoms with Gasteiger partial charge in [-0.05, 0) is 69.9 Å². The summed E-state index contributed by atoms with van der Waals surface area (Å²) in [6, 6.07) is 15.3. The number of aryl methyl sites for hydroxylation is 1. The van der Waals surface area contributed by atoms with E-state index >= 15 is 0 Å². The maximum absolute atomic E-state index is 14.0. The summed E-state index contributed by atoms with van der Waals surface area (Å²) in [5.41, 5.74) is -1.32. The monoisotopic (exact) mass is 711 g/mol. The molecule has 270 valence electrons. The molecular weight excluding hydrogens is 666 g/mol. The number of amides is 4. The zero-order valence-corrected chi connectivity index (χ0v) is 29.6. The van der Waals surface area contributed by atoms with E-state index in [0.717, 1.165) is 5.56 Å². The molecule has 16 heteroatoms. The maximum atomic E-state index is 14.0. The molecule has 3 aromatic rings. The fourth-order valence-electron chi connectivity index (χ4n) is 5.49. The Morgan fingerprint density at radius 1 is 0.980 bits per heavy atom. The Balaban J connectivity index is 1.71. The second kappa shape index (κ2) is 17.0. The van der Waals surface area contributed by atoms with Gasteiger partial charge in [-0.2, -0.15) is 4.98 Å². The number of sulfonamides is 1. The zero-order chi connectivity index (χ0) is 37.1. The Bertz CT molecular complexity index is 1830. The van der Waals surface area contributed by atoms with Crippen LogP contribution in [0, 0.1) is 23.7 Å². The molecule has 4 amide bonds. The maximum Gasteiger partial charge on any atom is 0.321 e. The molecule has 0 saturated heterocycles. The minimum atomic E-state index is -3.95. The molecule has 0 spiro atoms. The molecule has 2 aromatic carbocycles. The number of aromatic nitrogens is 2. The van der Waals surface area contributed by atoms with E-state index in [1.807, 2.05) is 37.3 Å². The summed E-state index contributed by atoms with van der Waals surface area (Å²) in [6.07, 6.45) is 0.471. The number of esters is 1. The smallest absolute Gasteiger partial charge is 0.321 e. The Morgan fingerprint density at radius 2 is 1.64 bits per heavy atom. The molecule has 15 nitrogen and oxygen atoms in total. The normalized spacial score (nSPS) is 13.3. The van der Waals surface area contributed by atoms with Crippen LogP contribution < -0.4 is 32.0 Å². The number of hydrogen-bond acceptors (Lipinski definition) is 9. The Morgan fingerprint density at radius 3 is 2.24 bits per heavy atom. The highest BCUT2D eigenvalue weighted by Gasteiger charge is 2.45. The quantitative estimate of drug-likeness (QED) is 0.0945. The van der Waals surface area contributed by atoms with Crippen molar-refractivity contribution in [2.45, 2.75) is 65.3 Å². The number of nitrogens with two attached hydrogens (primary N) is 1. The molecule has 3 rings (SSSR count). The number of nitrogens with zero attached hydrogens (tertiary/aromatic N) is 1. The van der Waals surface area contributed by atoms with Crippen LogP contribution in [0.4, 0.5) is 16.4 Å². The van der Waals surface area contributed by atoms with E-state index in [0.29, 0.717) is 24.3 Å². The summed E-state index contributed by atoms with van der Waals surface area (Å²) >= 11 is 0. The number of ether oxygens (including phenoxy) is 1. The third kappa shape index (κ3) is 11.8. The van der Waals surface area contributed by atoms with E-state index < -0.39 is 50.2 Å². The van der Waals surface area contributed by atoms with Gasteiger partial charge in [-0.3, -0.25) is 24.5 Å². The first kappa shape index (κ1) is 39.3. The van der Waals surface area contributed by atoms with E-state index in [1.54, 1.807) is 27.7 Å². The number of urea groups is 1. The lowest BCUT2D eigenvalue weighted by molar-refractivity contribution is -0.156. The van der Waals surface area contributed by atoms with Crippen LogP contribution >= 0.6 is 0 Å². The molecule has 0 saturated carbocycles. The Labute approximate surface area is 291 Å². The topological polar surface area (TPSA) is 232 Å². The standard InChI is InChI=1S/C34H45N7O8S/c1-6-24(28(43)37-20-23-10-8-7-9-11-23)19-34(5,29(44)39-25-12-14-26(15-13-25)50(35,47)48)21-33(3,4)30(45)49-17-16-36-32(46)41-31-38-22(2)18-27(42)40-31/h7-15,18,24H,6,16-17,19-21H2,1-5H3,(H,37,43)(H,39,44)(H2,35,47,48)(H3,36,38,40,41,42,46). The molecule has 7 N–H and O–H groups in total. The fraction of sp³-hybridized carbons (Fsp3) is 0.412. The van der Waals surface area contributed by atoms with Gasteiger partial charge >= 0.3 is 12.0 Å². The number of anilines is 2. The van der Waals surface area contributed by atoms with Crippen LogP contribution in [-0.4, -0.2) is 55.4 Å². The van der Waals surface area contributed by atoms with Crippen LogP contribution in [0.3, 0.4) is 0 Å². The van der Waals surface area contributed by atoms with Crippen molar-refractivity contribution in [3.05, 3.63) is 82.3 Å². The van der Waals surface area contributed by atoms with E-state index in [9.17, 15) is 32.4 Å². The van der Waals surface area contributed by atoms with Crippen LogP contribution in [0.25, 0.3) is 0 Å². The molecular formula is C34H45N7O8S. The lowest BCUT2D eigenvalue weighted by Gasteiger charge is -2.37. The van der Waals surface area contributed by atoms with Crippen molar-refractivity contribution < 1.29 is 32.3 Å². The first-order valence-electron chi connectivity index (χ1n) is 16.0. The lowest BCUT2D eigenvalue weighted by Crippen LogP contribution is -2.44. The van der Waals surface area contributed by atoms with E-state index in [1.165, 1.54) is 30.3 Å². The van der Waals surface area contributed by atoms with Gasteiger partial charge in [0.05, 0.1) is 16.9 Å². The van der Waals surface area contributed by atoms with Crippen LogP contribution in [0.1, 0.15) is 58.2 Å². The second-order valence-electron chi connectivity index (χ2n) is 12.9. The fourth-order valence-corrected chi connectivity index (χ4v) is 6.01.